The fraction of sp³-hybridized carbons (Fsp3) is 0.0769. The van der Waals surface area contributed by atoms with Crippen molar-refractivity contribution < 1.29 is 14.3 Å². The van der Waals surface area contributed by atoms with Crippen LogP contribution in [0.5, 0.6) is 0 Å². The summed E-state index contributed by atoms with van der Waals surface area (Å²) in [5.74, 6) is 4.00. The summed E-state index contributed by atoms with van der Waals surface area (Å²) in [6.45, 7) is -0.362. The van der Waals surface area contributed by atoms with E-state index in [1.54, 1.807) is 0 Å². The molecule has 0 bridgehead atoms. The molecule has 0 atom stereocenters. The van der Waals surface area contributed by atoms with Crippen LogP contribution < -0.4 is 5.32 Å². The minimum atomic E-state index is -0.498. The quantitative estimate of drug-likeness (QED) is 0.708. The molecule has 0 radical (unpaired) electrons. The number of H-pyrrole nitrogens is 1. The van der Waals surface area contributed by atoms with Crippen molar-refractivity contribution >= 4 is 11.6 Å². The minimum Gasteiger partial charge on any atom is -0.384 e. The van der Waals surface area contributed by atoms with Crippen LogP contribution in [0.4, 0.5) is 10.1 Å². The Morgan fingerprint density at radius 1 is 1.53 bits per heavy atom. The van der Waals surface area contributed by atoms with Crippen molar-refractivity contribution in [3.05, 3.63) is 47.5 Å². The first-order valence-corrected chi connectivity index (χ1v) is 5.40. The van der Waals surface area contributed by atoms with Crippen LogP contribution in [0.3, 0.4) is 0 Å². The van der Waals surface area contributed by atoms with Crippen LogP contribution in [0.25, 0.3) is 0 Å². The molecule has 6 heteroatoms. The Morgan fingerprint density at radius 3 is 3.05 bits per heavy atom. The predicted molar refractivity (Wildman–Crippen MR) is 66.9 cm³/mol. The lowest BCUT2D eigenvalue weighted by atomic mass is 10.1. The molecule has 0 saturated heterocycles. The smallest absolute Gasteiger partial charge is 0.257 e. The summed E-state index contributed by atoms with van der Waals surface area (Å²) in [5, 5.41) is 17.5. The van der Waals surface area contributed by atoms with E-state index < -0.39 is 11.7 Å². The second-order valence-electron chi connectivity index (χ2n) is 3.59. The molecule has 3 N–H and O–H groups in total. The highest BCUT2D eigenvalue weighted by Crippen LogP contribution is 2.13. The Bertz CT molecular complexity index is 642. The number of aliphatic hydroxyl groups is 1. The number of amides is 1. The number of hydrogen-bond acceptors (Lipinski definition) is 3. The van der Waals surface area contributed by atoms with Gasteiger partial charge in [-0.15, -0.1) is 0 Å². The number of benzene rings is 1. The first-order valence-electron chi connectivity index (χ1n) is 5.40. The van der Waals surface area contributed by atoms with Crippen molar-refractivity contribution in [1.29, 1.82) is 0 Å². The molecule has 0 aliphatic heterocycles. The number of carbonyl (C=O) groups is 1. The van der Waals surface area contributed by atoms with Gasteiger partial charge in [0.15, 0.2) is 0 Å². The molecule has 1 heterocycles. The number of rotatable bonds is 2. The third-order valence-corrected chi connectivity index (χ3v) is 2.28. The molecular weight excluding hydrogens is 249 g/mol. The van der Waals surface area contributed by atoms with E-state index in [1.807, 2.05) is 0 Å². The van der Waals surface area contributed by atoms with Gasteiger partial charge in [0.2, 0.25) is 0 Å². The van der Waals surface area contributed by atoms with Crippen molar-refractivity contribution in [3.63, 3.8) is 0 Å². The average Bonchev–Trinajstić information content (AvgIpc) is 2.89. The monoisotopic (exact) mass is 259 g/mol. The van der Waals surface area contributed by atoms with Crippen molar-refractivity contribution in [3.8, 4) is 11.8 Å². The fourth-order valence-electron chi connectivity index (χ4n) is 1.47. The van der Waals surface area contributed by atoms with Crippen LogP contribution in [-0.4, -0.2) is 27.8 Å². The maximum absolute atomic E-state index is 13.1. The molecule has 0 unspecified atom stereocenters. The lowest BCUT2D eigenvalue weighted by molar-refractivity contribution is 0.102. The van der Waals surface area contributed by atoms with Crippen molar-refractivity contribution in [1.82, 2.24) is 10.2 Å². The lowest BCUT2D eigenvalue weighted by Crippen LogP contribution is -2.13. The Hall–Kier alpha value is -2.65. The number of halogens is 1. The van der Waals surface area contributed by atoms with Crippen molar-refractivity contribution in [2.24, 2.45) is 0 Å². The Kier molecular flexibility index (Phi) is 3.90. The predicted octanol–water partition coefficient (Wildman–Crippen LogP) is 1.14. The van der Waals surface area contributed by atoms with Gasteiger partial charge in [0.05, 0.1) is 17.4 Å². The van der Waals surface area contributed by atoms with Crippen LogP contribution in [0, 0.1) is 17.7 Å². The summed E-state index contributed by atoms with van der Waals surface area (Å²) in [6.07, 6.45) is 2.96. The normalized spacial score (nSPS) is 9.58. The summed E-state index contributed by atoms with van der Waals surface area (Å²) in [6, 6.07) is 3.66. The van der Waals surface area contributed by atoms with Gasteiger partial charge in [-0.2, -0.15) is 5.10 Å². The minimum absolute atomic E-state index is 0.218. The van der Waals surface area contributed by atoms with E-state index in [2.05, 4.69) is 27.4 Å². The number of aromatic amines is 1. The zero-order valence-corrected chi connectivity index (χ0v) is 9.77. The molecule has 0 aliphatic rings. The van der Waals surface area contributed by atoms with Crippen LogP contribution in [-0.2, 0) is 0 Å². The summed E-state index contributed by atoms with van der Waals surface area (Å²) < 4.78 is 13.1. The molecule has 5 nitrogen and oxygen atoms in total. The van der Waals surface area contributed by atoms with E-state index in [1.165, 1.54) is 24.5 Å². The molecule has 19 heavy (non-hydrogen) atoms. The van der Waals surface area contributed by atoms with Gasteiger partial charge in [-0.3, -0.25) is 9.89 Å². The van der Waals surface area contributed by atoms with Gasteiger partial charge >= 0.3 is 0 Å². The lowest BCUT2D eigenvalue weighted by Gasteiger charge is -2.05. The van der Waals surface area contributed by atoms with Crippen LogP contribution in [0.1, 0.15) is 15.9 Å². The fourth-order valence-corrected chi connectivity index (χ4v) is 1.47. The number of carbonyl (C=O) groups excluding carboxylic acids is 1. The second kappa shape index (κ2) is 5.80. The van der Waals surface area contributed by atoms with Gasteiger partial charge in [-0.1, -0.05) is 11.8 Å². The van der Waals surface area contributed by atoms with Gasteiger partial charge in [-0.25, -0.2) is 4.39 Å². The average molecular weight is 259 g/mol. The molecule has 2 aromatic rings. The summed E-state index contributed by atoms with van der Waals surface area (Å²) in [5.41, 5.74) is 0.939. The van der Waals surface area contributed by atoms with E-state index >= 15 is 0 Å². The van der Waals surface area contributed by atoms with Gasteiger partial charge < -0.3 is 10.4 Å². The van der Waals surface area contributed by atoms with Gasteiger partial charge in [-0.05, 0) is 18.2 Å². The number of aromatic nitrogens is 2. The summed E-state index contributed by atoms with van der Waals surface area (Å²) in [7, 11) is 0. The molecule has 1 aromatic heterocycles. The van der Waals surface area contributed by atoms with Crippen LogP contribution in [0.2, 0.25) is 0 Å². The standard InChI is InChI=1S/C13H10FN3O2/c14-10-3-4-12(9(6-10)2-1-5-18)13(19)17-11-7-15-16-8-11/h3-4,6-8,18H,5H2,(H,15,16)(H,17,19). The maximum Gasteiger partial charge on any atom is 0.257 e. The molecule has 96 valence electrons. The van der Waals surface area contributed by atoms with E-state index in [4.69, 9.17) is 5.11 Å². The molecule has 0 aliphatic carbocycles. The molecule has 0 spiro atoms. The number of nitrogens with one attached hydrogen (secondary N) is 2. The number of hydrogen-bond donors (Lipinski definition) is 3. The first-order chi connectivity index (χ1) is 9.20. The van der Waals surface area contributed by atoms with E-state index in [0.717, 1.165) is 6.07 Å². The largest absolute Gasteiger partial charge is 0.384 e. The van der Waals surface area contributed by atoms with Crippen molar-refractivity contribution in [2.45, 2.75) is 0 Å². The first kappa shape index (κ1) is 12.8. The van der Waals surface area contributed by atoms with Gasteiger partial charge in [0, 0.05) is 11.8 Å². The van der Waals surface area contributed by atoms with E-state index in [9.17, 15) is 9.18 Å². The Morgan fingerprint density at radius 2 is 2.37 bits per heavy atom. The molecular formula is C13H10FN3O2. The van der Waals surface area contributed by atoms with Crippen LogP contribution >= 0.6 is 0 Å². The highest BCUT2D eigenvalue weighted by Gasteiger charge is 2.11. The Labute approximate surface area is 108 Å². The molecule has 0 saturated carbocycles. The number of anilines is 1. The zero-order chi connectivity index (χ0) is 13.7. The third-order valence-electron chi connectivity index (χ3n) is 2.28. The van der Waals surface area contributed by atoms with E-state index in [0.29, 0.717) is 5.69 Å². The summed E-state index contributed by atoms with van der Waals surface area (Å²) >= 11 is 0. The molecule has 0 fully saturated rings. The maximum atomic E-state index is 13.1. The van der Waals surface area contributed by atoms with Crippen molar-refractivity contribution in [2.75, 3.05) is 11.9 Å². The molecule has 1 amide bonds. The number of nitrogens with zero attached hydrogens (tertiary/aromatic N) is 1. The topological polar surface area (TPSA) is 78.0 Å². The van der Waals surface area contributed by atoms with E-state index in [-0.39, 0.29) is 17.7 Å². The molecule has 2 rings (SSSR count). The Balaban J connectivity index is 2.30. The summed E-state index contributed by atoms with van der Waals surface area (Å²) in [4.78, 5) is 12.0. The third kappa shape index (κ3) is 3.18. The highest BCUT2D eigenvalue weighted by molar-refractivity contribution is 6.05. The SMILES string of the molecule is O=C(Nc1cn[nH]c1)c1ccc(F)cc1C#CCO. The zero-order valence-electron chi connectivity index (χ0n) is 9.77. The van der Waals surface area contributed by atoms with Gasteiger partial charge in [0.1, 0.15) is 12.4 Å². The highest BCUT2D eigenvalue weighted by atomic mass is 19.1. The second-order valence-corrected chi connectivity index (χ2v) is 3.59. The number of aliphatic hydroxyl groups excluding tert-OH is 1. The van der Waals surface area contributed by atoms with Crippen LogP contribution in [0.15, 0.2) is 30.6 Å². The van der Waals surface area contributed by atoms with Gasteiger partial charge in [0.25, 0.3) is 5.91 Å². The molecule has 1 aromatic carbocycles.